The first-order valence-electron chi connectivity index (χ1n) is 29.6. The van der Waals surface area contributed by atoms with Crippen LogP contribution in [0.15, 0.2) is 224 Å². The van der Waals surface area contributed by atoms with Crippen LogP contribution in [0.1, 0.15) is 134 Å². The third-order valence-corrected chi connectivity index (χ3v) is 19.1. The van der Waals surface area contributed by atoms with Gasteiger partial charge in [0, 0.05) is 50.7 Å². The summed E-state index contributed by atoms with van der Waals surface area (Å²) in [5, 5.41) is 0. The largest absolute Gasteiger partial charge is 0.331 e. The van der Waals surface area contributed by atoms with Crippen LogP contribution in [0.4, 0.5) is 39.8 Å². The Morgan fingerprint density at radius 2 is 1.25 bits per heavy atom. The van der Waals surface area contributed by atoms with Crippen LogP contribution in [0.5, 0.6) is 0 Å². The number of benzene rings is 8. The van der Waals surface area contributed by atoms with Crippen molar-refractivity contribution in [2.45, 2.75) is 124 Å². The van der Waals surface area contributed by atoms with Crippen molar-refractivity contribution in [3.8, 4) is 11.1 Å². The van der Waals surface area contributed by atoms with Gasteiger partial charge in [-0.3, -0.25) is 0 Å². The second-order valence-electron chi connectivity index (χ2n) is 26.9. The Labute approximate surface area is 483 Å². The standard InChI is InChI=1S/C77H76BN3/c1-13-56(73(2,3)4)38-42-65(54-31-18-15-19-32-54)79-69-48-58(75(8,9)10)37-40-64(69)78-63-34-24-25-35-68(63)80(66-43-39-57(74(5,6)7)47-60(66)52-28-16-14-17-29-52)71-50-59(49-70(79)72(71)78)81-67-41-36-55(51-26-20-21-27-51)46-62(67)76(11)45-44-53-30-22-23-33-61(53)77(76,81)12/h13-26,28-43,46-50,65H,44-45H2,1-12H3/b42-38-,56-13+. The molecule has 81 heavy (non-hydrogen) atoms. The van der Waals surface area contributed by atoms with Gasteiger partial charge in [0.25, 0.3) is 6.71 Å². The van der Waals surface area contributed by atoms with Crippen LogP contribution in [0.25, 0.3) is 16.7 Å². The lowest BCUT2D eigenvalue weighted by Gasteiger charge is -2.52. The van der Waals surface area contributed by atoms with Gasteiger partial charge in [0.15, 0.2) is 0 Å². The molecule has 3 aliphatic heterocycles. The predicted molar refractivity (Wildman–Crippen MR) is 347 cm³/mol. The predicted octanol–water partition coefficient (Wildman–Crippen LogP) is 18.4. The smallest absolute Gasteiger partial charge is 0.252 e. The van der Waals surface area contributed by atoms with E-state index in [9.17, 15) is 0 Å². The molecule has 8 aromatic carbocycles. The number of anilines is 7. The number of nitrogens with zero attached hydrogens (tertiary/aromatic N) is 3. The highest BCUT2D eigenvalue weighted by Gasteiger charge is 2.60. The fourth-order valence-corrected chi connectivity index (χ4v) is 14.5. The van der Waals surface area contributed by atoms with E-state index in [1.165, 1.54) is 112 Å². The Bertz CT molecular complexity index is 4000. The topological polar surface area (TPSA) is 9.72 Å². The summed E-state index contributed by atoms with van der Waals surface area (Å²) in [5.41, 5.74) is 29.2. The minimum absolute atomic E-state index is 0.0542. The molecule has 0 spiro atoms. The van der Waals surface area contributed by atoms with Crippen LogP contribution in [0.3, 0.4) is 0 Å². The molecule has 402 valence electrons. The van der Waals surface area contributed by atoms with Crippen molar-refractivity contribution < 1.29 is 0 Å². The first kappa shape index (κ1) is 52.3. The van der Waals surface area contributed by atoms with Gasteiger partial charge in [-0.25, -0.2) is 0 Å². The first-order chi connectivity index (χ1) is 38.8. The van der Waals surface area contributed by atoms with Gasteiger partial charge in [-0.05, 0) is 170 Å². The highest BCUT2D eigenvalue weighted by molar-refractivity contribution is 7.00. The maximum absolute atomic E-state index is 3.56. The van der Waals surface area contributed by atoms with Gasteiger partial charge in [0.05, 0.1) is 17.3 Å². The average Bonchev–Trinajstić information content (AvgIpc) is 3.43. The van der Waals surface area contributed by atoms with Gasteiger partial charge in [0.1, 0.15) is 0 Å². The summed E-state index contributed by atoms with van der Waals surface area (Å²) in [6.07, 6.45) is 15.6. The summed E-state index contributed by atoms with van der Waals surface area (Å²) in [7, 11) is 0. The van der Waals surface area contributed by atoms with E-state index in [4.69, 9.17) is 0 Å². The highest BCUT2D eigenvalue weighted by atomic mass is 15.3. The maximum atomic E-state index is 3.56. The molecule has 4 heteroatoms. The van der Waals surface area contributed by atoms with Gasteiger partial charge < -0.3 is 14.7 Å². The van der Waals surface area contributed by atoms with Crippen LogP contribution >= 0.6 is 0 Å². The zero-order valence-corrected chi connectivity index (χ0v) is 49.6. The van der Waals surface area contributed by atoms with Crippen molar-refractivity contribution in [3.05, 3.63) is 263 Å². The molecular weight excluding hydrogens is 978 g/mol. The normalized spacial score (nSPS) is 19.3. The zero-order chi connectivity index (χ0) is 56.4. The molecule has 0 bridgehead atoms. The first-order valence-corrected chi connectivity index (χ1v) is 29.6. The van der Waals surface area contributed by atoms with E-state index in [2.05, 4.69) is 310 Å². The molecule has 0 amide bonds. The summed E-state index contributed by atoms with van der Waals surface area (Å²) in [5.74, 6) is 0. The number of fused-ring (bicyclic) bond motifs is 9. The number of hydrogen-bond donors (Lipinski definition) is 0. The third-order valence-electron chi connectivity index (χ3n) is 19.1. The van der Waals surface area contributed by atoms with E-state index in [1.54, 1.807) is 0 Å². The fraction of sp³-hybridized carbons (Fsp3) is 0.260. The minimum Gasteiger partial charge on any atom is -0.331 e. The van der Waals surface area contributed by atoms with Gasteiger partial charge in [-0.1, -0.05) is 221 Å². The monoisotopic (exact) mass is 1050 g/mol. The van der Waals surface area contributed by atoms with Gasteiger partial charge in [-0.15, -0.1) is 5.73 Å². The molecule has 2 aliphatic carbocycles. The van der Waals surface area contributed by atoms with Crippen molar-refractivity contribution in [1.29, 1.82) is 0 Å². The lowest BCUT2D eigenvalue weighted by molar-refractivity contribution is 0.245. The Kier molecular flexibility index (Phi) is 12.3. The van der Waals surface area contributed by atoms with E-state index in [0.29, 0.717) is 0 Å². The second kappa shape index (κ2) is 19.0. The Balaban J connectivity index is 1.19. The van der Waals surface area contributed by atoms with Gasteiger partial charge >= 0.3 is 0 Å². The molecule has 3 nitrogen and oxygen atoms in total. The van der Waals surface area contributed by atoms with Crippen LogP contribution in [-0.4, -0.2) is 6.71 Å². The van der Waals surface area contributed by atoms with Crippen LogP contribution < -0.4 is 31.1 Å². The summed E-state index contributed by atoms with van der Waals surface area (Å²) in [6.45, 7) is 28.3. The summed E-state index contributed by atoms with van der Waals surface area (Å²) in [4.78, 5) is 8.19. The molecule has 0 saturated carbocycles. The van der Waals surface area contributed by atoms with E-state index >= 15 is 0 Å². The van der Waals surface area contributed by atoms with E-state index in [0.717, 1.165) is 18.4 Å². The number of aryl methyl sites for hydroxylation is 1. The second-order valence-corrected chi connectivity index (χ2v) is 26.9. The highest BCUT2D eigenvalue weighted by Crippen LogP contribution is 2.65. The number of rotatable bonds is 8. The molecule has 5 aliphatic rings. The van der Waals surface area contributed by atoms with Crippen molar-refractivity contribution in [3.63, 3.8) is 0 Å². The van der Waals surface area contributed by atoms with Crippen molar-refractivity contribution >= 4 is 68.5 Å². The molecule has 0 N–H and O–H groups in total. The quantitative estimate of drug-likeness (QED) is 0.0853. The van der Waals surface area contributed by atoms with Crippen LogP contribution in [-0.2, 0) is 28.2 Å². The number of para-hydroxylation sites is 1. The van der Waals surface area contributed by atoms with E-state index in [-0.39, 0.29) is 34.4 Å². The molecule has 8 aromatic rings. The molecule has 3 unspecified atom stereocenters. The lowest BCUT2D eigenvalue weighted by atomic mass is 9.33. The van der Waals surface area contributed by atoms with Gasteiger partial charge in [-0.2, -0.15) is 0 Å². The molecule has 3 atom stereocenters. The van der Waals surface area contributed by atoms with Crippen molar-refractivity contribution in [2.24, 2.45) is 5.41 Å². The van der Waals surface area contributed by atoms with Crippen LogP contribution in [0, 0.1) is 5.41 Å². The van der Waals surface area contributed by atoms with Crippen LogP contribution in [0.2, 0.25) is 0 Å². The third kappa shape index (κ3) is 8.30. The summed E-state index contributed by atoms with van der Waals surface area (Å²) < 4.78 is 0. The SMILES string of the molecule is C/C=C(\C=C/C(c1ccccc1)N1c2cc(C(C)(C)C)ccc2B2c3ccccc3N(c3ccc(C(C)(C)C)cc3-c3ccccc3)c3cc(N4c5ccc(C6=C=CC=C6)cc5C5(C)CCc6ccccc6C45C)cc1c32)C(C)(C)C. The fourth-order valence-electron chi connectivity index (χ4n) is 14.5. The van der Waals surface area contributed by atoms with Crippen molar-refractivity contribution in [2.75, 3.05) is 14.7 Å². The maximum Gasteiger partial charge on any atom is 0.252 e. The molecule has 0 radical (unpaired) electrons. The van der Waals surface area contributed by atoms with E-state index in [1.807, 2.05) is 6.08 Å². The summed E-state index contributed by atoms with van der Waals surface area (Å²) >= 11 is 0. The number of allylic oxidation sites excluding steroid dienone is 6. The Morgan fingerprint density at radius 1 is 0.593 bits per heavy atom. The molecule has 0 saturated heterocycles. The number of hydrogen-bond acceptors (Lipinski definition) is 3. The Morgan fingerprint density at radius 3 is 1.96 bits per heavy atom. The molecule has 3 heterocycles. The summed E-state index contributed by atoms with van der Waals surface area (Å²) in [6, 6.07) is 68.1. The lowest BCUT2D eigenvalue weighted by Crippen LogP contribution is -2.62. The minimum atomic E-state index is -0.469. The molecule has 13 rings (SSSR count). The van der Waals surface area contributed by atoms with Crippen molar-refractivity contribution in [1.82, 2.24) is 0 Å². The molecule has 0 fully saturated rings. The Hall–Kier alpha value is -8.04. The average molecular weight is 1050 g/mol. The molecule has 0 aromatic heterocycles. The van der Waals surface area contributed by atoms with E-state index < -0.39 is 5.54 Å². The molecular formula is C77H76BN3. The van der Waals surface area contributed by atoms with Gasteiger partial charge in [0.2, 0.25) is 0 Å². The zero-order valence-electron chi connectivity index (χ0n) is 49.6.